The first-order chi connectivity index (χ1) is 15.0. The molecule has 0 radical (unpaired) electrons. The van der Waals surface area contributed by atoms with E-state index < -0.39 is 0 Å². The normalized spacial score (nSPS) is 14.5. The summed E-state index contributed by atoms with van der Waals surface area (Å²) in [7, 11) is 1.66. The molecular weight excluding hydrogens is 408 g/mol. The van der Waals surface area contributed by atoms with Gasteiger partial charge in [-0.3, -0.25) is 4.79 Å². The first-order valence-electron chi connectivity index (χ1n) is 11.0. The summed E-state index contributed by atoms with van der Waals surface area (Å²) in [5, 5.41) is 1.52. The second-order valence-electron chi connectivity index (χ2n) is 8.46. The van der Waals surface area contributed by atoms with E-state index in [1.165, 1.54) is 6.42 Å². The van der Waals surface area contributed by atoms with Crippen LogP contribution in [0.4, 0.5) is 0 Å². The number of hydrogen-bond donors (Lipinski definition) is 0. The van der Waals surface area contributed by atoms with Gasteiger partial charge < -0.3 is 9.64 Å². The van der Waals surface area contributed by atoms with E-state index in [4.69, 9.17) is 16.3 Å². The summed E-state index contributed by atoms with van der Waals surface area (Å²) in [6, 6.07) is 16.1. The van der Waals surface area contributed by atoms with Gasteiger partial charge >= 0.3 is 0 Å². The van der Waals surface area contributed by atoms with Crippen LogP contribution in [0.2, 0.25) is 5.15 Å². The molecule has 31 heavy (non-hydrogen) atoms. The van der Waals surface area contributed by atoms with Crippen molar-refractivity contribution in [3.05, 3.63) is 70.4 Å². The van der Waals surface area contributed by atoms with Crippen molar-refractivity contribution in [1.29, 1.82) is 0 Å². The molecular formula is C26H29ClN2O2. The Morgan fingerprint density at radius 3 is 2.55 bits per heavy atom. The molecule has 0 bridgehead atoms. The van der Waals surface area contributed by atoms with Crippen molar-refractivity contribution in [2.75, 3.05) is 7.11 Å². The standard InChI is InChI=1S/C26H29ClN2O2/c1-18-7-6-10-21-15-22(25(27)28-24(18)21)17-29(26(30)20-8-4-3-5-9-20)16-19-11-13-23(31-2)14-12-19/h6-7,10-15,20H,3-5,8-9,16-17H2,1-2H3. The SMILES string of the molecule is COc1ccc(CN(Cc2cc3cccc(C)c3nc2Cl)C(=O)C2CCCCC2)cc1. The van der Waals surface area contributed by atoms with Crippen molar-refractivity contribution >= 4 is 28.4 Å². The van der Waals surface area contributed by atoms with Gasteiger partial charge in [-0.2, -0.15) is 0 Å². The molecule has 3 aromatic rings. The number of benzene rings is 2. The molecule has 1 fully saturated rings. The van der Waals surface area contributed by atoms with E-state index in [9.17, 15) is 4.79 Å². The van der Waals surface area contributed by atoms with E-state index in [1.54, 1.807) is 7.11 Å². The van der Waals surface area contributed by atoms with Gasteiger partial charge in [-0.05, 0) is 49.1 Å². The van der Waals surface area contributed by atoms with E-state index in [1.807, 2.05) is 54.3 Å². The number of carbonyl (C=O) groups excluding carboxylic acids is 1. The average molecular weight is 437 g/mol. The molecule has 4 nitrogen and oxygen atoms in total. The molecule has 4 rings (SSSR count). The zero-order chi connectivity index (χ0) is 21.8. The Bertz CT molecular complexity index is 1060. The molecule has 0 N–H and O–H groups in total. The van der Waals surface area contributed by atoms with Gasteiger partial charge in [0.05, 0.1) is 12.6 Å². The molecule has 2 aromatic carbocycles. The maximum Gasteiger partial charge on any atom is 0.226 e. The Morgan fingerprint density at radius 1 is 1.10 bits per heavy atom. The summed E-state index contributed by atoms with van der Waals surface area (Å²) >= 11 is 6.59. The number of para-hydroxylation sites is 1. The number of nitrogens with zero attached hydrogens (tertiary/aromatic N) is 2. The Kier molecular flexibility index (Phi) is 6.77. The molecule has 0 saturated heterocycles. The topological polar surface area (TPSA) is 42.4 Å². The lowest BCUT2D eigenvalue weighted by atomic mass is 9.88. The van der Waals surface area contributed by atoms with Crippen molar-refractivity contribution in [3.63, 3.8) is 0 Å². The molecule has 0 aliphatic heterocycles. The van der Waals surface area contributed by atoms with E-state index in [2.05, 4.69) is 11.1 Å². The molecule has 162 valence electrons. The predicted octanol–water partition coefficient (Wildman–Crippen LogP) is 6.31. The number of carbonyl (C=O) groups is 1. The fraction of sp³-hybridized carbons (Fsp3) is 0.385. The van der Waals surface area contributed by atoms with Crippen molar-refractivity contribution in [3.8, 4) is 5.75 Å². The van der Waals surface area contributed by atoms with Gasteiger partial charge in [0.25, 0.3) is 0 Å². The zero-order valence-electron chi connectivity index (χ0n) is 18.2. The highest BCUT2D eigenvalue weighted by molar-refractivity contribution is 6.30. The minimum atomic E-state index is 0.0985. The summed E-state index contributed by atoms with van der Waals surface area (Å²) in [4.78, 5) is 20.1. The monoisotopic (exact) mass is 436 g/mol. The zero-order valence-corrected chi connectivity index (χ0v) is 19.0. The molecule has 1 aliphatic rings. The Morgan fingerprint density at radius 2 is 1.84 bits per heavy atom. The third-order valence-electron chi connectivity index (χ3n) is 6.23. The smallest absolute Gasteiger partial charge is 0.226 e. The number of ether oxygens (including phenoxy) is 1. The van der Waals surface area contributed by atoms with Gasteiger partial charge in [-0.1, -0.05) is 61.2 Å². The fourth-order valence-electron chi connectivity index (χ4n) is 4.46. The Hall–Kier alpha value is -2.59. The summed E-state index contributed by atoms with van der Waals surface area (Å²) in [5.41, 5.74) is 3.97. The third kappa shape index (κ3) is 5.01. The van der Waals surface area contributed by atoms with Crippen LogP contribution < -0.4 is 4.74 Å². The van der Waals surface area contributed by atoms with Gasteiger partial charge in [0, 0.05) is 30.0 Å². The van der Waals surface area contributed by atoms with Crippen LogP contribution >= 0.6 is 11.6 Å². The second kappa shape index (κ2) is 9.69. The van der Waals surface area contributed by atoms with Gasteiger partial charge in [-0.25, -0.2) is 4.98 Å². The van der Waals surface area contributed by atoms with Gasteiger partial charge in [0.2, 0.25) is 5.91 Å². The number of pyridine rings is 1. The van der Waals surface area contributed by atoms with Gasteiger partial charge in [0.15, 0.2) is 0 Å². The molecule has 1 saturated carbocycles. The molecule has 0 atom stereocenters. The van der Waals surface area contributed by atoms with Crippen LogP contribution in [0.25, 0.3) is 10.9 Å². The highest BCUT2D eigenvalue weighted by Gasteiger charge is 2.27. The first kappa shape index (κ1) is 21.6. The summed E-state index contributed by atoms with van der Waals surface area (Å²) < 4.78 is 5.27. The maximum absolute atomic E-state index is 13.5. The number of fused-ring (bicyclic) bond motifs is 1. The van der Waals surface area contributed by atoms with Crippen LogP contribution in [-0.4, -0.2) is 22.9 Å². The molecule has 0 unspecified atom stereocenters. The number of hydrogen-bond acceptors (Lipinski definition) is 3. The lowest BCUT2D eigenvalue weighted by Crippen LogP contribution is -2.36. The van der Waals surface area contributed by atoms with Crippen LogP contribution in [0.5, 0.6) is 5.75 Å². The summed E-state index contributed by atoms with van der Waals surface area (Å²) in [5.74, 6) is 1.13. The minimum Gasteiger partial charge on any atom is -0.497 e. The predicted molar refractivity (Wildman–Crippen MR) is 125 cm³/mol. The number of aryl methyl sites for hydroxylation is 1. The van der Waals surface area contributed by atoms with Crippen LogP contribution in [0, 0.1) is 12.8 Å². The highest BCUT2D eigenvalue weighted by atomic mass is 35.5. The van der Waals surface area contributed by atoms with E-state index in [0.717, 1.165) is 59.0 Å². The van der Waals surface area contributed by atoms with E-state index in [-0.39, 0.29) is 11.8 Å². The number of amides is 1. The number of rotatable bonds is 6. The maximum atomic E-state index is 13.5. The van der Waals surface area contributed by atoms with Crippen LogP contribution in [0.3, 0.4) is 0 Å². The van der Waals surface area contributed by atoms with E-state index >= 15 is 0 Å². The van der Waals surface area contributed by atoms with Gasteiger partial charge in [0.1, 0.15) is 10.9 Å². The summed E-state index contributed by atoms with van der Waals surface area (Å²) in [6.07, 6.45) is 5.43. The minimum absolute atomic E-state index is 0.0985. The van der Waals surface area contributed by atoms with Crippen LogP contribution in [0.1, 0.15) is 48.8 Å². The first-order valence-corrected chi connectivity index (χ1v) is 11.4. The molecule has 1 aromatic heterocycles. The van der Waals surface area contributed by atoms with E-state index in [0.29, 0.717) is 18.2 Å². The molecule has 1 aliphatic carbocycles. The Labute approximate surface area is 189 Å². The lowest BCUT2D eigenvalue weighted by molar-refractivity contribution is -0.137. The average Bonchev–Trinajstić information content (AvgIpc) is 2.80. The number of aromatic nitrogens is 1. The van der Waals surface area contributed by atoms with Crippen LogP contribution in [0.15, 0.2) is 48.5 Å². The number of halogens is 1. The molecule has 0 spiro atoms. The lowest BCUT2D eigenvalue weighted by Gasteiger charge is -2.30. The second-order valence-corrected chi connectivity index (χ2v) is 8.82. The third-order valence-corrected chi connectivity index (χ3v) is 6.56. The van der Waals surface area contributed by atoms with Crippen molar-refractivity contribution in [1.82, 2.24) is 9.88 Å². The van der Waals surface area contributed by atoms with Gasteiger partial charge in [-0.15, -0.1) is 0 Å². The van der Waals surface area contributed by atoms with Crippen LogP contribution in [-0.2, 0) is 17.9 Å². The fourth-order valence-corrected chi connectivity index (χ4v) is 4.65. The number of methoxy groups -OCH3 is 1. The van der Waals surface area contributed by atoms with Crippen molar-refractivity contribution in [2.24, 2.45) is 5.92 Å². The molecule has 1 amide bonds. The summed E-state index contributed by atoms with van der Waals surface area (Å²) in [6.45, 7) is 3.03. The quantitative estimate of drug-likeness (QED) is 0.425. The largest absolute Gasteiger partial charge is 0.497 e. The molecule has 1 heterocycles. The van der Waals surface area contributed by atoms with Crippen molar-refractivity contribution < 1.29 is 9.53 Å². The molecule has 5 heteroatoms. The van der Waals surface area contributed by atoms with Crippen molar-refractivity contribution in [2.45, 2.75) is 52.1 Å². The highest BCUT2D eigenvalue weighted by Crippen LogP contribution is 2.29. The Balaban J connectivity index is 1.63.